The SMILES string of the molecule is CN(CC(O)CO)c1ccc(N)cc1-c1ccc[nH]1. The molecule has 0 aliphatic rings. The first kappa shape index (κ1) is 13.5. The van der Waals surface area contributed by atoms with Gasteiger partial charge in [-0.1, -0.05) is 0 Å². The van der Waals surface area contributed by atoms with Crippen molar-refractivity contribution in [2.24, 2.45) is 0 Å². The number of H-pyrrole nitrogens is 1. The number of hydrogen-bond donors (Lipinski definition) is 4. The molecule has 102 valence electrons. The zero-order valence-corrected chi connectivity index (χ0v) is 10.9. The smallest absolute Gasteiger partial charge is 0.0945 e. The first-order valence-electron chi connectivity index (χ1n) is 6.15. The van der Waals surface area contributed by atoms with Gasteiger partial charge in [-0.15, -0.1) is 0 Å². The second-order valence-electron chi connectivity index (χ2n) is 4.58. The molecule has 0 fully saturated rings. The summed E-state index contributed by atoms with van der Waals surface area (Å²) in [4.78, 5) is 5.05. The van der Waals surface area contributed by atoms with Crippen molar-refractivity contribution in [2.45, 2.75) is 6.10 Å². The maximum absolute atomic E-state index is 9.54. The molecule has 5 N–H and O–H groups in total. The number of benzene rings is 1. The third-order valence-corrected chi connectivity index (χ3v) is 3.02. The Hall–Kier alpha value is -1.98. The van der Waals surface area contributed by atoms with Crippen molar-refractivity contribution in [1.29, 1.82) is 0 Å². The maximum atomic E-state index is 9.54. The largest absolute Gasteiger partial charge is 0.399 e. The lowest BCUT2D eigenvalue weighted by molar-refractivity contribution is 0.101. The van der Waals surface area contributed by atoms with Crippen LogP contribution in [0.3, 0.4) is 0 Å². The molecule has 0 radical (unpaired) electrons. The van der Waals surface area contributed by atoms with E-state index in [1.165, 1.54) is 0 Å². The lowest BCUT2D eigenvalue weighted by Crippen LogP contribution is -2.31. The molecule has 0 aliphatic heterocycles. The summed E-state index contributed by atoms with van der Waals surface area (Å²) < 4.78 is 0. The van der Waals surface area contributed by atoms with Gasteiger partial charge in [0, 0.05) is 42.4 Å². The average Bonchev–Trinajstić information content (AvgIpc) is 2.92. The summed E-state index contributed by atoms with van der Waals surface area (Å²) in [6.07, 6.45) is 1.09. The number of anilines is 2. The second kappa shape index (κ2) is 5.77. The second-order valence-corrected chi connectivity index (χ2v) is 4.58. The predicted octanol–water partition coefficient (Wildman–Crippen LogP) is 1.05. The molecule has 19 heavy (non-hydrogen) atoms. The van der Waals surface area contributed by atoms with Crippen LogP contribution in [-0.4, -0.2) is 41.5 Å². The molecule has 0 saturated heterocycles. The van der Waals surface area contributed by atoms with Gasteiger partial charge in [-0.3, -0.25) is 0 Å². The average molecular weight is 261 g/mol. The number of rotatable bonds is 5. The van der Waals surface area contributed by atoms with Crippen LogP contribution >= 0.6 is 0 Å². The van der Waals surface area contributed by atoms with E-state index >= 15 is 0 Å². The molecule has 1 heterocycles. The van der Waals surface area contributed by atoms with Crippen LogP contribution < -0.4 is 10.6 Å². The van der Waals surface area contributed by atoms with Crippen molar-refractivity contribution in [3.63, 3.8) is 0 Å². The minimum Gasteiger partial charge on any atom is -0.399 e. The fraction of sp³-hybridized carbons (Fsp3) is 0.286. The minimum absolute atomic E-state index is 0.253. The standard InChI is InChI=1S/C14H19N3O2/c1-17(8-11(19)9-18)14-5-4-10(15)7-12(14)13-3-2-6-16-13/h2-7,11,16,18-19H,8-9,15H2,1H3. The molecule has 0 aliphatic carbocycles. The third-order valence-electron chi connectivity index (χ3n) is 3.02. The quantitative estimate of drug-likeness (QED) is 0.606. The first-order valence-corrected chi connectivity index (χ1v) is 6.15. The summed E-state index contributed by atoms with van der Waals surface area (Å²) in [6.45, 7) is 0.102. The Bertz CT molecular complexity index is 525. The van der Waals surface area contributed by atoms with Gasteiger partial charge < -0.3 is 25.8 Å². The van der Waals surface area contributed by atoms with Gasteiger partial charge in [0.05, 0.1) is 12.7 Å². The molecule has 1 aromatic heterocycles. The van der Waals surface area contributed by atoms with Gasteiger partial charge in [-0.25, -0.2) is 0 Å². The molecule has 1 unspecified atom stereocenters. The Morgan fingerprint density at radius 2 is 2.16 bits per heavy atom. The molecule has 0 saturated carbocycles. The highest BCUT2D eigenvalue weighted by Gasteiger charge is 2.13. The number of aliphatic hydroxyl groups excluding tert-OH is 2. The topological polar surface area (TPSA) is 85.5 Å². The van der Waals surface area contributed by atoms with Crippen molar-refractivity contribution in [3.05, 3.63) is 36.5 Å². The fourth-order valence-corrected chi connectivity index (χ4v) is 2.07. The van der Waals surface area contributed by atoms with Crippen molar-refractivity contribution in [1.82, 2.24) is 4.98 Å². The van der Waals surface area contributed by atoms with E-state index in [1.807, 2.05) is 48.5 Å². The zero-order valence-electron chi connectivity index (χ0n) is 10.9. The monoisotopic (exact) mass is 261 g/mol. The Balaban J connectivity index is 2.34. The normalized spacial score (nSPS) is 12.4. The predicted molar refractivity (Wildman–Crippen MR) is 77.0 cm³/mol. The number of nitrogens with two attached hydrogens (primary N) is 1. The number of nitrogens with zero attached hydrogens (tertiary/aromatic N) is 1. The van der Waals surface area contributed by atoms with Crippen LogP contribution in [0, 0.1) is 0 Å². The summed E-state index contributed by atoms with van der Waals surface area (Å²) >= 11 is 0. The molecule has 0 amide bonds. The summed E-state index contributed by atoms with van der Waals surface area (Å²) in [5.41, 5.74) is 9.41. The number of aliphatic hydroxyl groups is 2. The van der Waals surface area contributed by atoms with E-state index in [1.54, 1.807) is 0 Å². The molecule has 0 bridgehead atoms. The van der Waals surface area contributed by atoms with Gasteiger partial charge in [0.15, 0.2) is 0 Å². The van der Waals surface area contributed by atoms with Crippen molar-refractivity contribution in [2.75, 3.05) is 30.8 Å². The van der Waals surface area contributed by atoms with Gasteiger partial charge >= 0.3 is 0 Å². The Labute approximate surface area is 112 Å². The molecule has 5 nitrogen and oxygen atoms in total. The Morgan fingerprint density at radius 3 is 2.79 bits per heavy atom. The molecule has 1 atom stereocenters. The number of likely N-dealkylation sites (N-methyl/N-ethyl adjacent to an activating group) is 1. The molecular formula is C14H19N3O2. The highest BCUT2D eigenvalue weighted by Crippen LogP contribution is 2.31. The number of nitrogen functional groups attached to an aromatic ring is 1. The van der Waals surface area contributed by atoms with Crippen molar-refractivity contribution in [3.8, 4) is 11.3 Å². The first-order chi connectivity index (χ1) is 9.11. The molecule has 0 spiro atoms. The van der Waals surface area contributed by atoms with Gasteiger partial charge in [0.25, 0.3) is 0 Å². The molecular weight excluding hydrogens is 242 g/mol. The van der Waals surface area contributed by atoms with Crippen molar-refractivity contribution < 1.29 is 10.2 Å². The van der Waals surface area contributed by atoms with Crippen molar-refractivity contribution >= 4 is 11.4 Å². The van der Waals surface area contributed by atoms with Crippen LogP contribution in [0.2, 0.25) is 0 Å². The van der Waals surface area contributed by atoms with E-state index in [-0.39, 0.29) is 6.61 Å². The van der Waals surface area contributed by atoms with Crippen LogP contribution in [0.5, 0.6) is 0 Å². The molecule has 2 rings (SSSR count). The van der Waals surface area contributed by atoms with Gasteiger partial charge in [-0.2, -0.15) is 0 Å². The van der Waals surface area contributed by atoms with Crippen LogP contribution in [0.4, 0.5) is 11.4 Å². The van der Waals surface area contributed by atoms with Gasteiger partial charge in [-0.05, 0) is 30.3 Å². The molecule has 5 heteroatoms. The van der Waals surface area contributed by atoms with Crippen LogP contribution in [-0.2, 0) is 0 Å². The molecule has 1 aromatic carbocycles. The maximum Gasteiger partial charge on any atom is 0.0945 e. The Kier molecular flexibility index (Phi) is 4.09. The summed E-state index contributed by atoms with van der Waals surface area (Å²) in [6, 6.07) is 9.52. The van der Waals surface area contributed by atoms with E-state index in [2.05, 4.69) is 4.98 Å². The summed E-state index contributed by atoms with van der Waals surface area (Å²) in [5.74, 6) is 0. The number of nitrogens with one attached hydrogen (secondary N) is 1. The third kappa shape index (κ3) is 3.07. The number of aromatic nitrogens is 1. The highest BCUT2D eigenvalue weighted by atomic mass is 16.3. The lowest BCUT2D eigenvalue weighted by Gasteiger charge is -2.24. The van der Waals surface area contributed by atoms with Gasteiger partial charge in [0.1, 0.15) is 0 Å². The van der Waals surface area contributed by atoms with Crippen LogP contribution in [0.25, 0.3) is 11.3 Å². The number of aromatic amines is 1. The van der Waals surface area contributed by atoms with E-state index < -0.39 is 6.10 Å². The lowest BCUT2D eigenvalue weighted by atomic mass is 10.1. The van der Waals surface area contributed by atoms with Gasteiger partial charge in [0.2, 0.25) is 0 Å². The van der Waals surface area contributed by atoms with Crippen LogP contribution in [0.15, 0.2) is 36.5 Å². The summed E-state index contributed by atoms with van der Waals surface area (Å²) in [5, 5.41) is 18.5. The van der Waals surface area contributed by atoms with Crippen LogP contribution in [0.1, 0.15) is 0 Å². The van der Waals surface area contributed by atoms with E-state index in [0.29, 0.717) is 12.2 Å². The minimum atomic E-state index is -0.765. The zero-order chi connectivity index (χ0) is 13.8. The highest BCUT2D eigenvalue weighted by molar-refractivity contribution is 5.79. The number of hydrogen-bond acceptors (Lipinski definition) is 4. The Morgan fingerprint density at radius 1 is 1.37 bits per heavy atom. The van der Waals surface area contributed by atoms with E-state index in [0.717, 1.165) is 16.9 Å². The fourth-order valence-electron chi connectivity index (χ4n) is 2.07. The molecule has 2 aromatic rings. The van der Waals surface area contributed by atoms with E-state index in [9.17, 15) is 5.11 Å². The van der Waals surface area contributed by atoms with E-state index in [4.69, 9.17) is 10.8 Å². The summed E-state index contributed by atoms with van der Waals surface area (Å²) in [7, 11) is 1.87.